The second kappa shape index (κ2) is 9.60. The monoisotopic (exact) mass is 446 g/mol. The van der Waals surface area contributed by atoms with Gasteiger partial charge in [0.1, 0.15) is 0 Å². The van der Waals surface area contributed by atoms with Crippen LogP contribution in [0.25, 0.3) is 10.8 Å². The van der Waals surface area contributed by atoms with E-state index in [0.717, 1.165) is 38.2 Å². The molecule has 0 N–H and O–H groups in total. The fourth-order valence-corrected chi connectivity index (χ4v) is 5.07. The smallest absolute Gasteiger partial charge is 0.195 e. The Balaban J connectivity index is 1.47. The van der Waals surface area contributed by atoms with Gasteiger partial charge in [0.2, 0.25) is 0 Å². The van der Waals surface area contributed by atoms with Crippen LogP contribution in [0.3, 0.4) is 0 Å². The number of hydrogen-bond acceptors (Lipinski definition) is 0. The summed E-state index contributed by atoms with van der Waals surface area (Å²) in [5, 5.41) is 0.225. The normalized spacial score (nSPS) is 18.9. The molecule has 0 spiro atoms. The van der Waals surface area contributed by atoms with E-state index >= 15 is 0 Å². The Hall–Kier alpha value is -2.43. The van der Waals surface area contributed by atoms with Gasteiger partial charge >= 0.3 is 0 Å². The minimum absolute atomic E-state index is 0.0112. The highest BCUT2D eigenvalue weighted by Gasteiger charge is 2.26. The molecule has 1 fully saturated rings. The SMILES string of the molecule is CCCC1CCC(c2ccc(CCc3ccc4c(F)c(F)c(F)cc4c3)c(F)c2F)CC1. The highest BCUT2D eigenvalue weighted by Crippen LogP contribution is 2.39. The minimum Gasteiger partial charge on any atom is -0.204 e. The highest BCUT2D eigenvalue weighted by molar-refractivity contribution is 5.84. The molecule has 1 aliphatic carbocycles. The molecule has 1 saturated carbocycles. The molecule has 1 aliphatic rings. The number of fused-ring (bicyclic) bond motifs is 1. The largest absolute Gasteiger partial charge is 0.204 e. The van der Waals surface area contributed by atoms with Crippen molar-refractivity contribution in [3.8, 4) is 0 Å². The zero-order chi connectivity index (χ0) is 22.8. The molecule has 170 valence electrons. The van der Waals surface area contributed by atoms with Crippen molar-refractivity contribution < 1.29 is 22.0 Å². The average Bonchev–Trinajstić information content (AvgIpc) is 2.79. The second-order valence-corrected chi connectivity index (χ2v) is 8.99. The first-order chi connectivity index (χ1) is 15.4. The molecule has 32 heavy (non-hydrogen) atoms. The van der Waals surface area contributed by atoms with Crippen LogP contribution in [-0.4, -0.2) is 0 Å². The summed E-state index contributed by atoms with van der Waals surface area (Å²) >= 11 is 0. The van der Waals surface area contributed by atoms with E-state index in [0.29, 0.717) is 23.5 Å². The predicted octanol–water partition coefficient (Wildman–Crippen LogP) is 8.39. The molecule has 0 bridgehead atoms. The lowest BCUT2D eigenvalue weighted by molar-refractivity contribution is 0.302. The van der Waals surface area contributed by atoms with Gasteiger partial charge in [-0.05, 0) is 78.5 Å². The fourth-order valence-electron chi connectivity index (χ4n) is 5.07. The van der Waals surface area contributed by atoms with Crippen LogP contribution in [0, 0.1) is 35.0 Å². The van der Waals surface area contributed by atoms with Crippen molar-refractivity contribution in [2.45, 2.75) is 64.2 Å². The van der Waals surface area contributed by atoms with E-state index in [9.17, 15) is 22.0 Å². The van der Waals surface area contributed by atoms with Gasteiger partial charge < -0.3 is 0 Å². The summed E-state index contributed by atoms with van der Waals surface area (Å²) in [6.07, 6.45) is 6.90. The van der Waals surface area contributed by atoms with Crippen molar-refractivity contribution in [1.29, 1.82) is 0 Å². The highest BCUT2D eigenvalue weighted by atomic mass is 19.2. The molecule has 0 nitrogen and oxygen atoms in total. The summed E-state index contributed by atoms with van der Waals surface area (Å²) in [4.78, 5) is 0. The van der Waals surface area contributed by atoms with Gasteiger partial charge in [-0.3, -0.25) is 0 Å². The summed E-state index contributed by atoms with van der Waals surface area (Å²) in [6, 6.07) is 8.85. The molecular weight excluding hydrogens is 419 g/mol. The van der Waals surface area contributed by atoms with Crippen LogP contribution in [0.5, 0.6) is 0 Å². The van der Waals surface area contributed by atoms with Crippen molar-refractivity contribution in [2.24, 2.45) is 5.92 Å². The van der Waals surface area contributed by atoms with Crippen molar-refractivity contribution in [1.82, 2.24) is 0 Å². The quantitative estimate of drug-likeness (QED) is 0.263. The third kappa shape index (κ3) is 4.53. The molecule has 0 aromatic heterocycles. The van der Waals surface area contributed by atoms with E-state index in [1.165, 1.54) is 12.5 Å². The van der Waals surface area contributed by atoms with Crippen molar-refractivity contribution in [3.63, 3.8) is 0 Å². The average molecular weight is 447 g/mol. The maximum atomic E-state index is 14.9. The first-order valence-electron chi connectivity index (χ1n) is 11.4. The topological polar surface area (TPSA) is 0 Å². The van der Waals surface area contributed by atoms with Crippen LogP contribution in [0.1, 0.15) is 68.1 Å². The third-order valence-corrected chi connectivity index (χ3v) is 6.90. The van der Waals surface area contributed by atoms with Crippen molar-refractivity contribution in [2.75, 3.05) is 0 Å². The molecule has 4 rings (SSSR count). The first-order valence-corrected chi connectivity index (χ1v) is 11.4. The van der Waals surface area contributed by atoms with Gasteiger partial charge in [0.15, 0.2) is 29.1 Å². The lowest BCUT2D eigenvalue weighted by Crippen LogP contribution is -2.15. The number of benzene rings is 3. The van der Waals surface area contributed by atoms with Gasteiger partial charge in [-0.1, -0.05) is 50.1 Å². The summed E-state index contributed by atoms with van der Waals surface area (Å²) < 4.78 is 70.5. The molecule has 0 aliphatic heterocycles. The molecule has 0 atom stereocenters. The maximum absolute atomic E-state index is 14.9. The van der Waals surface area contributed by atoms with Gasteiger partial charge in [-0.25, -0.2) is 22.0 Å². The van der Waals surface area contributed by atoms with E-state index < -0.39 is 29.1 Å². The van der Waals surface area contributed by atoms with E-state index in [-0.39, 0.29) is 28.7 Å². The van der Waals surface area contributed by atoms with Gasteiger partial charge in [0, 0.05) is 5.39 Å². The molecule has 5 heteroatoms. The Kier molecular flexibility index (Phi) is 6.82. The number of hydrogen-bond donors (Lipinski definition) is 0. The van der Waals surface area contributed by atoms with Gasteiger partial charge in [0.25, 0.3) is 0 Å². The third-order valence-electron chi connectivity index (χ3n) is 6.90. The number of halogens is 5. The zero-order valence-electron chi connectivity index (χ0n) is 18.2. The molecule has 3 aromatic carbocycles. The van der Waals surface area contributed by atoms with Crippen LogP contribution in [0.15, 0.2) is 36.4 Å². The first kappa shape index (κ1) is 22.8. The number of rotatable bonds is 6. The van der Waals surface area contributed by atoms with Crippen molar-refractivity contribution in [3.05, 3.63) is 82.2 Å². The summed E-state index contributed by atoms with van der Waals surface area (Å²) in [6.45, 7) is 2.17. The number of aryl methyl sites for hydroxylation is 2. The Morgan fingerprint density at radius 2 is 1.50 bits per heavy atom. The minimum atomic E-state index is -1.50. The molecule has 0 heterocycles. The Bertz CT molecular complexity index is 1110. The molecule has 0 amide bonds. The fraction of sp³-hybridized carbons (Fsp3) is 0.407. The van der Waals surface area contributed by atoms with Crippen LogP contribution in [0.2, 0.25) is 0 Å². The molecule has 0 unspecified atom stereocenters. The van der Waals surface area contributed by atoms with E-state index in [1.807, 2.05) is 0 Å². The summed E-state index contributed by atoms with van der Waals surface area (Å²) in [7, 11) is 0. The summed E-state index contributed by atoms with van der Waals surface area (Å²) in [5.41, 5.74) is 1.46. The Labute approximate surface area is 185 Å². The van der Waals surface area contributed by atoms with Crippen LogP contribution in [0.4, 0.5) is 22.0 Å². The van der Waals surface area contributed by atoms with Gasteiger partial charge in [-0.2, -0.15) is 0 Å². The molecule has 3 aromatic rings. The molecule has 0 radical (unpaired) electrons. The van der Waals surface area contributed by atoms with Crippen molar-refractivity contribution >= 4 is 10.8 Å². The lowest BCUT2D eigenvalue weighted by Gasteiger charge is -2.29. The molecular formula is C27H27F5. The molecule has 0 saturated heterocycles. The van der Waals surface area contributed by atoms with E-state index in [4.69, 9.17) is 0 Å². The van der Waals surface area contributed by atoms with Gasteiger partial charge in [0.05, 0.1) is 0 Å². The predicted molar refractivity (Wildman–Crippen MR) is 117 cm³/mol. The Morgan fingerprint density at radius 1 is 0.750 bits per heavy atom. The van der Waals surface area contributed by atoms with E-state index in [2.05, 4.69) is 6.92 Å². The van der Waals surface area contributed by atoms with Crippen LogP contribution >= 0.6 is 0 Å². The van der Waals surface area contributed by atoms with Gasteiger partial charge in [-0.15, -0.1) is 0 Å². The Morgan fingerprint density at radius 3 is 2.22 bits per heavy atom. The second-order valence-electron chi connectivity index (χ2n) is 8.99. The maximum Gasteiger partial charge on any atom is 0.195 e. The summed E-state index contributed by atoms with van der Waals surface area (Å²) in [5.74, 6) is -4.76. The van der Waals surface area contributed by atoms with Crippen LogP contribution < -0.4 is 0 Å². The van der Waals surface area contributed by atoms with E-state index in [1.54, 1.807) is 24.3 Å². The lowest BCUT2D eigenvalue weighted by atomic mass is 9.77. The standard InChI is InChI=1S/C27H27F5/c1-2-3-16-4-8-18(9-5-16)21-13-11-19(24(29)25(21)30)10-6-17-7-12-22-20(14-17)15-23(28)27(32)26(22)31/h7,11-16,18H,2-6,8-10H2,1H3. The van der Waals surface area contributed by atoms with Crippen LogP contribution in [-0.2, 0) is 12.8 Å². The zero-order valence-corrected chi connectivity index (χ0v) is 18.2.